The van der Waals surface area contributed by atoms with Gasteiger partial charge in [0.15, 0.2) is 0 Å². The minimum atomic E-state index is 0.0291. The predicted molar refractivity (Wildman–Crippen MR) is 60.8 cm³/mol. The summed E-state index contributed by atoms with van der Waals surface area (Å²) < 4.78 is 0. The van der Waals surface area contributed by atoms with Crippen LogP contribution in [0.5, 0.6) is 0 Å². The summed E-state index contributed by atoms with van der Waals surface area (Å²) in [6.45, 7) is 4.40. The van der Waals surface area contributed by atoms with Gasteiger partial charge in [-0.1, -0.05) is 18.2 Å². The molecule has 0 fully saturated rings. The standard InChI is InChI=1S/C12H17ClO/c1-9-5-6-11(8-10(9)2)12(13)4-3-7-14/h5-6,8,12,14H,3-4,7H2,1-2H3. The number of hydrogen-bond donors (Lipinski definition) is 1. The second-order valence-electron chi connectivity index (χ2n) is 3.68. The Hall–Kier alpha value is -0.530. The smallest absolute Gasteiger partial charge is 0.0586 e. The number of rotatable bonds is 4. The third kappa shape index (κ3) is 3.00. The highest BCUT2D eigenvalue weighted by Crippen LogP contribution is 2.26. The summed E-state index contributed by atoms with van der Waals surface area (Å²) in [5, 5.41) is 8.73. The largest absolute Gasteiger partial charge is 0.396 e. The van der Waals surface area contributed by atoms with E-state index in [2.05, 4.69) is 32.0 Å². The minimum absolute atomic E-state index is 0.0291. The molecule has 0 saturated carbocycles. The van der Waals surface area contributed by atoms with Gasteiger partial charge in [-0.15, -0.1) is 11.6 Å². The van der Waals surface area contributed by atoms with Crippen molar-refractivity contribution in [3.63, 3.8) is 0 Å². The van der Waals surface area contributed by atoms with Crippen LogP contribution in [0, 0.1) is 13.8 Å². The Labute approximate surface area is 90.7 Å². The van der Waals surface area contributed by atoms with E-state index >= 15 is 0 Å². The number of aliphatic hydroxyl groups excluding tert-OH is 1. The van der Waals surface area contributed by atoms with Crippen molar-refractivity contribution >= 4 is 11.6 Å². The van der Waals surface area contributed by atoms with E-state index in [0.717, 1.165) is 18.4 Å². The molecule has 1 N–H and O–H groups in total. The van der Waals surface area contributed by atoms with Crippen LogP contribution in [0.2, 0.25) is 0 Å². The third-order valence-corrected chi connectivity index (χ3v) is 2.98. The topological polar surface area (TPSA) is 20.2 Å². The molecule has 1 aromatic rings. The highest BCUT2D eigenvalue weighted by molar-refractivity contribution is 6.20. The molecular weight excluding hydrogens is 196 g/mol. The molecule has 2 heteroatoms. The molecule has 1 rings (SSSR count). The van der Waals surface area contributed by atoms with E-state index in [0.29, 0.717) is 0 Å². The van der Waals surface area contributed by atoms with Crippen molar-refractivity contribution in [2.24, 2.45) is 0 Å². The Morgan fingerprint density at radius 1 is 1.29 bits per heavy atom. The van der Waals surface area contributed by atoms with E-state index in [-0.39, 0.29) is 12.0 Å². The normalized spacial score (nSPS) is 12.9. The van der Waals surface area contributed by atoms with Crippen molar-refractivity contribution in [1.82, 2.24) is 0 Å². The van der Waals surface area contributed by atoms with Crippen molar-refractivity contribution in [2.75, 3.05) is 6.61 Å². The van der Waals surface area contributed by atoms with Gasteiger partial charge in [0.25, 0.3) is 0 Å². The van der Waals surface area contributed by atoms with Gasteiger partial charge in [-0.25, -0.2) is 0 Å². The molecule has 78 valence electrons. The minimum Gasteiger partial charge on any atom is -0.396 e. The Bertz CT molecular complexity index is 296. The van der Waals surface area contributed by atoms with E-state index in [4.69, 9.17) is 16.7 Å². The van der Waals surface area contributed by atoms with Gasteiger partial charge < -0.3 is 5.11 Å². The second kappa shape index (κ2) is 5.38. The molecule has 1 aromatic carbocycles. The van der Waals surface area contributed by atoms with Crippen molar-refractivity contribution in [1.29, 1.82) is 0 Å². The molecule has 0 amide bonds. The predicted octanol–water partition coefficient (Wildman–Crippen LogP) is 3.36. The third-order valence-electron chi connectivity index (χ3n) is 2.51. The maximum atomic E-state index is 8.70. The van der Waals surface area contributed by atoms with Gasteiger partial charge in [-0.05, 0) is 43.4 Å². The van der Waals surface area contributed by atoms with Gasteiger partial charge in [0.1, 0.15) is 0 Å². The van der Waals surface area contributed by atoms with Crippen LogP contribution in [0.3, 0.4) is 0 Å². The van der Waals surface area contributed by atoms with Crippen LogP contribution in [0.4, 0.5) is 0 Å². The molecule has 0 saturated heterocycles. The monoisotopic (exact) mass is 212 g/mol. The molecule has 0 heterocycles. The molecule has 0 bridgehead atoms. The summed E-state index contributed by atoms with van der Waals surface area (Å²) >= 11 is 6.20. The maximum Gasteiger partial charge on any atom is 0.0586 e. The first-order valence-electron chi connectivity index (χ1n) is 4.97. The average molecular weight is 213 g/mol. The molecule has 0 spiro atoms. The van der Waals surface area contributed by atoms with Crippen LogP contribution in [0.15, 0.2) is 18.2 Å². The number of aliphatic hydroxyl groups is 1. The first-order valence-corrected chi connectivity index (χ1v) is 5.41. The zero-order valence-corrected chi connectivity index (χ0v) is 9.51. The Balaban J connectivity index is 2.70. The fourth-order valence-corrected chi connectivity index (χ4v) is 1.69. The van der Waals surface area contributed by atoms with Crippen LogP contribution >= 0.6 is 11.6 Å². The van der Waals surface area contributed by atoms with E-state index in [1.807, 2.05) is 0 Å². The highest BCUT2D eigenvalue weighted by atomic mass is 35.5. The Morgan fingerprint density at radius 3 is 2.57 bits per heavy atom. The molecule has 0 aliphatic heterocycles. The quantitative estimate of drug-likeness (QED) is 0.759. The summed E-state index contributed by atoms with van der Waals surface area (Å²) in [5.41, 5.74) is 3.72. The van der Waals surface area contributed by atoms with Gasteiger partial charge in [0.05, 0.1) is 5.38 Å². The van der Waals surface area contributed by atoms with Crippen LogP contribution in [0.25, 0.3) is 0 Å². The van der Waals surface area contributed by atoms with Crippen LogP contribution in [-0.2, 0) is 0 Å². The van der Waals surface area contributed by atoms with E-state index in [9.17, 15) is 0 Å². The maximum absolute atomic E-state index is 8.70. The van der Waals surface area contributed by atoms with Gasteiger partial charge in [-0.3, -0.25) is 0 Å². The lowest BCUT2D eigenvalue weighted by Crippen LogP contribution is -1.94. The fourth-order valence-electron chi connectivity index (χ4n) is 1.40. The zero-order valence-electron chi connectivity index (χ0n) is 8.76. The molecule has 0 aliphatic rings. The van der Waals surface area contributed by atoms with Crippen molar-refractivity contribution in [2.45, 2.75) is 32.1 Å². The Kier molecular flexibility index (Phi) is 4.43. The first-order chi connectivity index (χ1) is 6.65. The molecule has 1 nitrogen and oxygen atoms in total. The molecule has 14 heavy (non-hydrogen) atoms. The number of benzene rings is 1. The SMILES string of the molecule is Cc1ccc(C(Cl)CCCO)cc1C. The van der Waals surface area contributed by atoms with E-state index in [1.54, 1.807) is 0 Å². The second-order valence-corrected chi connectivity index (χ2v) is 4.20. The van der Waals surface area contributed by atoms with E-state index < -0.39 is 0 Å². The van der Waals surface area contributed by atoms with Crippen molar-refractivity contribution in [3.8, 4) is 0 Å². The number of hydrogen-bond acceptors (Lipinski definition) is 1. The lowest BCUT2D eigenvalue weighted by Gasteiger charge is -2.10. The fraction of sp³-hybridized carbons (Fsp3) is 0.500. The van der Waals surface area contributed by atoms with Crippen LogP contribution in [-0.4, -0.2) is 11.7 Å². The highest BCUT2D eigenvalue weighted by Gasteiger charge is 2.07. The summed E-state index contributed by atoms with van der Waals surface area (Å²) in [5.74, 6) is 0. The molecule has 1 unspecified atom stereocenters. The lowest BCUT2D eigenvalue weighted by molar-refractivity contribution is 0.284. The molecule has 1 atom stereocenters. The summed E-state index contributed by atoms with van der Waals surface area (Å²) in [7, 11) is 0. The van der Waals surface area contributed by atoms with Crippen LogP contribution < -0.4 is 0 Å². The molecule has 0 radical (unpaired) electrons. The van der Waals surface area contributed by atoms with E-state index in [1.165, 1.54) is 11.1 Å². The molecule has 0 aromatic heterocycles. The van der Waals surface area contributed by atoms with Gasteiger partial charge in [0.2, 0.25) is 0 Å². The summed E-state index contributed by atoms with van der Waals surface area (Å²) in [6, 6.07) is 6.29. The number of alkyl halides is 1. The first kappa shape index (κ1) is 11.5. The number of aryl methyl sites for hydroxylation is 2. The van der Waals surface area contributed by atoms with Crippen LogP contribution in [0.1, 0.15) is 34.9 Å². The average Bonchev–Trinajstić information content (AvgIpc) is 2.18. The lowest BCUT2D eigenvalue weighted by atomic mass is 10.0. The van der Waals surface area contributed by atoms with Gasteiger partial charge >= 0.3 is 0 Å². The molecule has 0 aliphatic carbocycles. The number of halogens is 1. The van der Waals surface area contributed by atoms with Gasteiger partial charge in [-0.2, -0.15) is 0 Å². The Morgan fingerprint density at radius 2 is 2.00 bits per heavy atom. The van der Waals surface area contributed by atoms with Gasteiger partial charge in [0, 0.05) is 6.61 Å². The summed E-state index contributed by atoms with van der Waals surface area (Å²) in [6.07, 6.45) is 1.60. The zero-order chi connectivity index (χ0) is 10.6. The summed E-state index contributed by atoms with van der Waals surface area (Å²) in [4.78, 5) is 0. The molecular formula is C12H17ClO. The van der Waals surface area contributed by atoms with Crippen molar-refractivity contribution < 1.29 is 5.11 Å². The van der Waals surface area contributed by atoms with Crippen molar-refractivity contribution in [3.05, 3.63) is 34.9 Å².